The Kier molecular flexibility index (Phi) is 14.7. The van der Waals surface area contributed by atoms with Crippen LogP contribution in [0, 0.1) is 0 Å². The Morgan fingerprint density at radius 2 is 1.53 bits per heavy atom. The smallest absolute Gasteiger partial charge is 0.243 e. The third-order valence-electron chi connectivity index (χ3n) is 4.92. The summed E-state index contributed by atoms with van der Waals surface area (Å²) in [6.45, 7) is 2.99. The molecule has 1 rings (SSSR count). The highest BCUT2D eigenvalue weighted by atomic mass is 16.3. The standard InChI is InChI=1S/C23H38N6O5/c24-10-4-11-26-14-9-21(32)27-12-2-1-3-13-28-23(34)19(16-20(25)31)29-22(33)15-17-5-7-18(30)8-6-17/h5-8,19,26,30H,1-4,9-16,24H2,(H2,25,31)(H,27,32)(H,28,34)(H,29,33)/t19-/m1/s1. The van der Waals surface area contributed by atoms with Gasteiger partial charge in [-0.2, -0.15) is 0 Å². The molecule has 0 aliphatic heterocycles. The van der Waals surface area contributed by atoms with Gasteiger partial charge < -0.3 is 37.8 Å². The van der Waals surface area contributed by atoms with Gasteiger partial charge in [-0.05, 0) is 56.5 Å². The molecule has 11 heteroatoms. The first-order valence-electron chi connectivity index (χ1n) is 11.6. The molecular formula is C23H38N6O5. The largest absolute Gasteiger partial charge is 0.508 e. The normalized spacial score (nSPS) is 11.4. The van der Waals surface area contributed by atoms with Crippen LogP contribution in [-0.2, 0) is 25.6 Å². The summed E-state index contributed by atoms with van der Waals surface area (Å²) in [6, 6.07) is 5.06. The van der Waals surface area contributed by atoms with E-state index in [-0.39, 0.29) is 24.5 Å². The lowest BCUT2D eigenvalue weighted by atomic mass is 10.1. The number of hydrogen-bond donors (Lipinski definition) is 7. The van der Waals surface area contributed by atoms with E-state index in [0.29, 0.717) is 44.6 Å². The van der Waals surface area contributed by atoms with Crippen LogP contribution in [0.25, 0.3) is 0 Å². The quantitative estimate of drug-likeness (QED) is 0.132. The summed E-state index contributed by atoms with van der Waals surface area (Å²) in [5.74, 6) is -1.53. The maximum absolute atomic E-state index is 12.4. The van der Waals surface area contributed by atoms with Gasteiger partial charge in [0.05, 0.1) is 12.8 Å². The summed E-state index contributed by atoms with van der Waals surface area (Å²) >= 11 is 0. The summed E-state index contributed by atoms with van der Waals surface area (Å²) in [7, 11) is 0. The molecule has 0 bridgehead atoms. The van der Waals surface area contributed by atoms with Crippen molar-refractivity contribution in [3.8, 4) is 5.75 Å². The van der Waals surface area contributed by atoms with Crippen molar-refractivity contribution in [1.82, 2.24) is 21.3 Å². The number of nitrogens with two attached hydrogens (primary N) is 2. The number of carbonyl (C=O) groups excluding carboxylic acids is 4. The Morgan fingerprint density at radius 1 is 0.853 bits per heavy atom. The molecule has 9 N–H and O–H groups in total. The lowest BCUT2D eigenvalue weighted by Gasteiger charge is -2.17. The molecule has 190 valence electrons. The van der Waals surface area contributed by atoms with Crippen molar-refractivity contribution >= 4 is 23.6 Å². The molecule has 0 spiro atoms. The molecule has 4 amide bonds. The van der Waals surface area contributed by atoms with Crippen molar-refractivity contribution in [1.29, 1.82) is 0 Å². The first-order valence-corrected chi connectivity index (χ1v) is 11.6. The monoisotopic (exact) mass is 478 g/mol. The predicted molar refractivity (Wildman–Crippen MR) is 129 cm³/mol. The molecule has 1 aromatic rings. The highest BCUT2D eigenvalue weighted by Crippen LogP contribution is 2.10. The summed E-state index contributed by atoms with van der Waals surface area (Å²) in [5, 5.41) is 20.6. The van der Waals surface area contributed by atoms with E-state index in [1.165, 1.54) is 12.1 Å². The molecule has 11 nitrogen and oxygen atoms in total. The van der Waals surface area contributed by atoms with Gasteiger partial charge in [-0.3, -0.25) is 19.2 Å². The van der Waals surface area contributed by atoms with E-state index in [9.17, 15) is 24.3 Å². The number of amides is 4. The number of hydrogen-bond acceptors (Lipinski definition) is 7. The molecule has 0 radical (unpaired) electrons. The second-order valence-corrected chi connectivity index (χ2v) is 7.98. The van der Waals surface area contributed by atoms with Gasteiger partial charge in [0.25, 0.3) is 0 Å². The van der Waals surface area contributed by atoms with Crippen LogP contribution in [0.15, 0.2) is 24.3 Å². The Labute approximate surface area is 200 Å². The fourth-order valence-corrected chi connectivity index (χ4v) is 3.09. The van der Waals surface area contributed by atoms with Crippen molar-refractivity contribution in [3.05, 3.63) is 29.8 Å². The first kappa shape index (κ1) is 28.9. The van der Waals surface area contributed by atoms with Crippen molar-refractivity contribution in [2.45, 2.75) is 51.0 Å². The fourth-order valence-electron chi connectivity index (χ4n) is 3.09. The van der Waals surface area contributed by atoms with Crippen LogP contribution < -0.4 is 32.7 Å². The van der Waals surface area contributed by atoms with Crippen LogP contribution in [0.3, 0.4) is 0 Å². The molecule has 0 unspecified atom stereocenters. The third kappa shape index (κ3) is 14.1. The number of carbonyl (C=O) groups is 4. The molecule has 0 fully saturated rings. The zero-order valence-corrected chi connectivity index (χ0v) is 19.6. The van der Waals surface area contributed by atoms with Gasteiger partial charge >= 0.3 is 0 Å². The van der Waals surface area contributed by atoms with Gasteiger partial charge in [0.2, 0.25) is 23.6 Å². The lowest BCUT2D eigenvalue weighted by molar-refractivity contribution is -0.131. The zero-order valence-electron chi connectivity index (χ0n) is 19.6. The predicted octanol–water partition coefficient (Wildman–Crippen LogP) is -0.974. The Morgan fingerprint density at radius 3 is 2.18 bits per heavy atom. The highest BCUT2D eigenvalue weighted by molar-refractivity contribution is 5.92. The van der Waals surface area contributed by atoms with Gasteiger partial charge in [0.1, 0.15) is 11.8 Å². The van der Waals surface area contributed by atoms with Gasteiger partial charge in [-0.15, -0.1) is 0 Å². The maximum Gasteiger partial charge on any atom is 0.243 e. The topological polar surface area (TPSA) is 189 Å². The van der Waals surface area contributed by atoms with Crippen LogP contribution >= 0.6 is 0 Å². The number of unbranched alkanes of at least 4 members (excludes halogenated alkanes) is 2. The lowest BCUT2D eigenvalue weighted by Crippen LogP contribution is -2.49. The van der Waals surface area contributed by atoms with E-state index < -0.39 is 23.8 Å². The van der Waals surface area contributed by atoms with Crippen LogP contribution in [0.1, 0.15) is 44.1 Å². The Balaban J connectivity index is 2.23. The van der Waals surface area contributed by atoms with E-state index in [4.69, 9.17) is 11.5 Å². The minimum absolute atomic E-state index is 0.00168. The van der Waals surface area contributed by atoms with Crippen molar-refractivity contribution < 1.29 is 24.3 Å². The minimum atomic E-state index is -1.06. The molecule has 0 aromatic heterocycles. The van der Waals surface area contributed by atoms with Crippen molar-refractivity contribution in [2.75, 3.05) is 32.7 Å². The van der Waals surface area contributed by atoms with E-state index in [2.05, 4.69) is 21.3 Å². The number of nitrogens with one attached hydrogen (secondary N) is 4. The van der Waals surface area contributed by atoms with E-state index in [1.807, 2.05) is 0 Å². The number of benzene rings is 1. The van der Waals surface area contributed by atoms with Gasteiger partial charge in [-0.25, -0.2) is 0 Å². The van der Waals surface area contributed by atoms with Crippen LogP contribution in [0.4, 0.5) is 0 Å². The number of phenols is 1. The van der Waals surface area contributed by atoms with Crippen molar-refractivity contribution in [3.63, 3.8) is 0 Å². The molecule has 0 saturated carbocycles. The van der Waals surface area contributed by atoms with Gasteiger partial charge in [0.15, 0.2) is 0 Å². The van der Waals surface area contributed by atoms with Gasteiger partial charge in [-0.1, -0.05) is 12.1 Å². The van der Waals surface area contributed by atoms with Crippen LogP contribution in [-0.4, -0.2) is 67.5 Å². The van der Waals surface area contributed by atoms with Crippen LogP contribution in [0.2, 0.25) is 0 Å². The number of rotatable bonds is 18. The highest BCUT2D eigenvalue weighted by Gasteiger charge is 2.22. The molecular weight excluding hydrogens is 440 g/mol. The molecule has 0 aliphatic carbocycles. The Bertz CT molecular complexity index is 772. The Hall–Kier alpha value is -3.18. The first-order chi connectivity index (χ1) is 16.3. The zero-order chi connectivity index (χ0) is 25.2. The number of aromatic hydroxyl groups is 1. The maximum atomic E-state index is 12.4. The summed E-state index contributed by atoms with van der Waals surface area (Å²) in [6.07, 6.45) is 3.25. The average molecular weight is 479 g/mol. The summed E-state index contributed by atoms with van der Waals surface area (Å²) in [5.41, 5.74) is 11.3. The summed E-state index contributed by atoms with van der Waals surface area (Å²) < 4.78 is 0. The number of primary amides is 1. The molecule has 0 saturated heterocycles. The number of phenolic OH excluding ortho intramolecular Hbond substituents is 1. The molecule has 1 aromatic carbocycles. The van der Waals surface area contributed by atoms with Gasteiger partial charge in [0, 0.05) is 26.1 Å². The fraction of sp³-hybridized carbons (Fsp3) is 0.565. The summed E-state index contributed by atoms with van der Waals surface area (Å²) in [4.78, 5) is 47.7. The second-order valence-electron chi connectivity index (χ2n) is 7.98. The molecule has 0 heterocycles. The van der Waals surface area contributed by atoms with E-state index in [1.54, 1.807) is 12.1 Å². The average Bonchev–Trinajstić information content (AvgIpc) is 2.79. The molecule has 34 heavy (non-hydrogen) atoms. The van der Waals surface area contributed by atoms with Crippen LogP contribution in [0.5, 0.6) is 5.75 Å². The molecule has 1 atom stereocenters. The second kappa shape index (κ2) is 17.3. The SMILES string of the molecule is NCCCNCCC(=O)NCCCCCNC(=O)[C@@H](CC(N)=O)NC(=O)Cc1ccc(O)cc1. The third-order valence-corrected chi connectivity index (χ3v) is 4.92. The van der Waals surface area contributed by atoms with E-state index in [0.717, 1.165) is 25.8 Å². The molecule has 0 aliphatic rings. The van der Waals surface area contributed by atoms with E-state index >= 15 is 0 Å². The minimum Gasteiger partial charge on any atom is -0.508 e. The van der Waals surface area contributed by atoms with Crippen molar-refractivity contribution in [2.24, 2.45) is 11.5 Å².